The Morgan fingerprint density at radius 3 is 2.75 bits per heavy atom. The maximum atomic E-state index is 12.1. The number of aliphatic imine (C=N–C) groups is 1. The molecule has 0 fully saturated rings. The van der Waals surface area contributed by atoms with E-state index in [0.29, 0.717) is 38.0 Å². The molecular formula is C25H27N5O2. The molecule has 0 bridgehead atoms. The molecule has 0 saturated heterocycles. The van der Waals surface area contributed by atoms with Gasteiger partial charge in [0.1, 0.15) is 6.61 Å². The van der Waals surface area contributed by atoms with Crippen LogP contribution in [0.15, 0.2) is 77.9 Å². The molecule has 4 rings (SSSR count). The fraction of sp³-hybridized carbons (Fsp3) is 0.240. The molecule has 3 aromatic rings. The molecule has 1 unspecified atom stereocenters. The number of pyridine rings is 1. The highest BCUT2D eigenvalue weighted by atomic mass is 16.5. The van der Waals surface area contributed by atoms with Gasteiger partial charge in [0.25, 0.3) is 0 Å². The molecule has 0 spiro atoms. The Kier molecular flexibility index (Phi) is 6.97. The quantitative estimate of drug-likeness (QED) is 0.396. The number of rotatable bonds is 7. The van der Waals surface area contributed by atoms with E-state index in [1.807, 2.05) is 60.7 Å². The summed E-state index contributed by atoms with van der Waals surface area (Å²) in [5.41, 5.74) is 4.05. The number of hydrogen-bond donors (Lipinski definition) is 3. The minimum absolute atomic E-state index is 0.0361. The minimum Gasteiger partial charge on any atom is -0.473 e. The first-order valence-corrected chi connectivity index (χ1v) is 10.7. The number of amides is 1. The first kappa shape index (κ1) is 21.4. The molecule has 1 aliphatic rings. The molecule has 32 heavy (non-hydrogen) atoms. The predicted molar refractivity (Wildman–Crippen MR) is 126 cm³/mol. The number of carbonyl (C=O) groups is 1. The van der Waals surface area contributed by atoms with Gasteiger partial charge in [-0.15, -0.1) is 0 Å². The van der Waals surface area contributed by atoms with Crippen LogP contribution in [0.5, 0.6) is 5.88 Å². The second kappa shape index (κ2) is 10.4. The highest BCUT2D eigenvalue weighted by molar-refractivity contribution is 5.94. The summed E-state index contributed by atoms with van der Waals surface area (Å²) < 4.78 is 5.94. The number of nitrogens with zero attached hydrogens (tertiary/aromatic N) is 2. The third-order valence-electron chi connectivity index (χ3n) is 5.36. The standard InChI is InChI=1S/C25H27N5O2/c1-26-25(29-16-20-14-23(31)30-22-12-6-5-11-21(20)22)28-15-19-10-7-13-27-24(19)32-17-18-8-3-2-4-9-18/h2-13,20H,14-17H2,1H3,(H,30,31)(H2,26,28,29). The van der Waals surface area contributed by atoms with Gasteiger partial charge in [0.05, 0.1) is 0 Å². The predicted octanol–water partition coefficient (Wildman–Crippen LogP) is 3.45. The van der Waals surface area contributed by atoms with Crippen molar-refractivity contribution in [1.82, 2.24) is 15.6 Å². The fourth-order valence-corrected chi connectivity index (χ4v) is 3.72. The minimum atomic E-state index is 0.0361. The second-order valence-corrected chi connectivity index (χ2v) is 7.59. The summed E-state index contributed by atoms with van der Waals surface area (Å²) in [5.74, 6) is 1.37. The highest BCUT2D eigenvalue weighted by Crippen LogP contribution is 2.31. The van der Waals surface area contributed by atoms with Crippen LogP contribution in [0.2, 0.25) is 0 Å². The Morgan fingerprint density at radius 1 is 1.09 bits per heavy atom. The molecule has 7 nitrogen and oxygen atoms in total. The fourth-order valence-electron chi connectivity index (χ4n) is 3.72. The summed E-state index contributed by atoms with van der Waals surface area (Å²) >= 11 is 0. The lowest BCUT2D eigenvalue weighted by Gasteiger charge is -2.26. The molecule has 1 aliphatic heterocycles. The maximum Gasteiger partial charge on any atom is 0.225 e. The molecule has 2 heterocycles. The van der Waals surface area contributed by atoms with E-state index in [4.69, 9.17) is 4.74 Å². The monoisotopic (exact) mass is 429 g/mol. The van der Waals surface area contributed by atoms with Gasteiger partial charge in [0.2, 0.25) is 11.8 Å². The smallest absolute Gasteiger partial charge is 0.225 e. The van der Waals surface area contributed by atoms with E-state index in [0.717, 1.165) is 22.4 Å². The summed E-state index contributed by atoms with van der Waals surface area (Å²) in [6, 6.07) is 21.8. The van der Waals surface area contributed by atoms with E-state index < -0.39 is 0 Å². The van der Waals surface area contributed by atoms with Crippen LogP contribution >= 0.6 is 0 Å². The van der Waals surface area contributed by atoms with Gasteiger partial charge in [-0.3, -0.25) is 9.79 Å². The number of nitrogens with one attached hydrogen (secondary N) is 3. The normalized spacial score (nSPS) is 15.5. The Hall–Kier alpha value is -3.87. The Balaban J connectivity index is 1.34. The van der Waals surface area contributed by atoms with Crippen LogP contribution in [0.25, 0.3) is 0 Å². The van der Waals surface area contributed by atoms with Crippen LogP contribution < -0.4 is 20.7 Å². The molecule has 3 N–H and O–H groups in total. The van der Waals surface area contributed by atoms with Crippen molar-refractivity contribution in [3.8, 4) is 5.88 Å². The number of carbonyl (C=O) groups excluding carboxylic acids is 1. The zero-order valence-corrected chi connectivity index (χ0v) is 18.0. The van der Waals surface area contributed by atoms with Gasteiger partial charge in [-0.05, 0) is 23.3 Å². The van der Waals surface area contributed by atoms with Crippen LogP contribution in [0.1, 0.15) is 29.0 Å². The van der Waals surface area contributed by atoms with Gasteiger partial charge in [-0.2, -0.15) is 0 Å². The third kappa shape index (κ3) is 5.43. The molecule has 1 atom stereocenters. The van der Waals surface area contributed by atoms with Crippen molar-refractivity contribution < 1.29 is 9.53 Å². The van der Waals surface area contributed by atoms with E-state index in [1.54, 1.807) is 13.2 Å². The molecular weight excluding hydrogens is 402 g/mol. The van der Waals surface area contributed by atoms with Crippen LogP contribution in [0.3, 0.4) is 0 Å². The van der Waals surface area contributed by atoms with E-state index in [1.165, 1.54) is 0 Å². The lowest BCUT2D eigenvalue weighted by Crippen LogP contribution is -2.40. The highest BCUT2D eigenvalue weighted by Gasteiger charge is 2.24. The zero-order valence-electron chi connectivity index (χ0n) is 18.0. The van der Waals surface area contributed by atoms with Gasteiger partial charge in [0, 0.05) is 49.9 Å². The number of guanidine groups is 1. The SMILES string of the molecule is CN=C(NCc1cccnc1OCc1ccccc1)NCC1CC(=O)Nc2ccccc21. The summed E-state index contributed by atoms with van der Waals surface area (Å²) in [5, 5.41) is 9.60. The van der Waals surface area contributed by atoms with Crippen molar-refractivity contribution in [2.75, 3.05) is 18.9 Å². The number of hydrogen-bond acceptors (Lipinski definition) is 4. The first-order chi connectivity index (χ1) is 15.7. The van der Waals surface area contributed by atoms with E-state index >= 15 is 0 Å². The number of para-hydroxylation sites is 1. The van der Waals surface area contributed by atoms with E-state index in [2.05, 4.69) is 32.0 Å². The third-order valence-corrected chi connectivity index (χ3v) is 5.36. The van der Waals surface area contributed by atoms with Gasteiger partial charge in [-0.1, -0.05) is 54.6 Å². The van der Waals surface area contributed by atoms with Crippen LogP contribution in [-0.2, 0) is 17.9 Å². The lowest BCUT2D eigenvalue weighted by molar-refractivity contribution is -0.116. The van der Waals surface area contributed by atoms with Crippen LogP contribution in [-0.4, -0.2) is 30.4 Å². The lowest BCUT2D eigenvalue weighted by atomic mass is 9.90. The zero-order chi connectivity index (χ0) is 22.2. The number of benzene rings is 2. The topological polar surface area (TPSA) is 87.6 Å². The largest absolute Gasteiger partial charge is 0.473 e. The first-order valence-electron chi connectivity index (χ1n) is 10.7. The number of ether oxygens (including phenoxy) is 1. The molecule has 1 aromatic heterocycles. The summed E-state index contributed by atoms with van der Waals surface area (Å²) in [4.78, 5) is 20.8. The number of fused-ring (bicyclic) bond motifs is 1. The van der Waals surface area contributed by atoms with Gasteiger partial charge >= 0.3 is 0 Å². The number of anilines is 1. The van der Waals surface area contributed by atoms with E-state index in [-0.39, 0.29) is 11.8 Å². The summed E-state index contributed by atoms with van der Waals surface area (Å²) in [6.45, 7) is 1.58. The van der Waals surface area contributed by atoms with Gasteiger partial charge in [-0.25, -0.2) is 4.98 Å². The molecule has 7 heteroatoms. The average Bonchev–Trinajstić information content (AvgIpc) is 2.84. The summed E-state index contributed by atoms with van der Waals surface area (Å²) in [6.07, 6.45) is 2.17. The molecule has 2 aromatic carbocycles. The molecule has 0 aliphatic carbocycles. The Bertz CT molecular complexity index is 1080. The molecule has 0 radical (unpaired) electrons. The van der Waals surface area contributed by atoms with Crippen molar-refractivity contribution in [3.05, 3.63) is 89.6 Å². The number of aromatic nitrogens is 1. The maximum absolute atomic E-state index is 12.1. The van der Waals surface area contributed by atoms with Gasteiger partial charge < -0.3 is 20.7 Å². The van der Waals surface area contributed by atoms with Crippen LogP contribution in [0, 0.1) is 0 Å². The molecule has 1 amide bonds. The van der Waals surface area contributed by atoms with E-state index in [9.17, 15) is 4.79 Å². The van der Waals surface area contributed by atoms with Crippen LogP contribution in [0.4, 0.5) is 5.69 Å². The summed E-state index contributed by atoms with van der Waals surface area (Å²) in [7, 11) is 1.73. The molecule has 164 valence electrons. The Labute approximate surface area is 187 Å². The van der Waals surface area contributed by atoms with Crippen molar-refractivity contribution in [3.63, 3.8) is 0 Å². The average molecular weight is 430 g/mol. The Morgan fingerprint density at radius 2 is 1.91 bits per heavy atom. The van der Waals surface area contributed by atoms with Crippen molar-refractivity contribution in [1.29, 1.82) is 0 Å². The van der Waals surface area contributed by atoms with Crippen molar-refractivity contribution in [2.24, 2.45) is 4.99 Å². The van der Waals surface area contributed by atoms with Crippen molar-refractivity contribution in [2.45, 2.75) is 25.5 Å². The van der Waals surface area contributed by atoms with Crippen molar-refractivity contribution >= 4 is 17.6 Å². The second-order valence-electron chi connectivity index (χ2n) is 7.59. The van der Waals surface area contributed by atoms with Gasteiger partial charge in [0.15, 0.2) is 5.96 Å². The molecule has 0 saturated carbocycles.